The van der Waals surface area contributed by atoms with Gasteiger partial charge in [0.15, 0.2) is 5.72 Å². The number of anilines is 1. The molecule has 3 saturated heterocycles. The number of aliphatic hydroxyl groups is 1. The molecule has 1 aliphatic carbocycles. The highest BCUT2D eigenvalue weighted by Gasteiger charge is 2.64. The number of nitrogens with one attached hydrogen (secondary N) is 2. The molecule has 1 unspecified atom stereocenters. The van der Waals surface area contributed by atoms with Crippen LogP contribution in [0.2, 0.25) is 5.02 Å². The van der Waals surface area contributed by atoms with Crippen molar-refractivity contribution in [2.24, 2.45) is 11.0 Å². The second-order valence-electron chi connectivity index (χ2n) is 23.1. The molecule has 5 aliphatic rings. The van der Waals surface area contributed by atoms with Crippen molar-refractivity contribution in [3.63, 3.8) is 0 Å². The third kappa shape index (κ3) is 18.2. The van der Waals surface area contributed by atoms with Crippen LogP contribution < -0.4 is 25.1 Å². The van der Waals surface area contributed by atoms with E-state index in [4.69, 9.17) is 54.3 Å². The minimum Gasteiger partial charge on any atom is -0.495 e. The summed E-state index contributed by atoms with van der Waals surface area (Å²) in [5, 5.41) is 19.6. The monoisotopic (exact) mass is 1280 g/mol. The summed E-state index contributed by atoms with van der Waals surface area (Å²) in [6, 6.07) is 8.19. The summed E-state index contributed by atoms with van der Waals surface area (Å²) in [5.74, 6) is -2.91. The van der Waals surface area contributed by atoms with Gasteiger partial charge in [0.1, 0.15) is 53.1 Å². The second-order valence-corrected chi connectivity index (χ2v) is 26.6. The predicted octanol–water partition coefficient (Wildman–Crippen LogP) is 6.72. The normalized spacial score (nSPS) is 25.7. The van der Waals surface area contributed by atoms with Crippen LogP contribution in [-0.2, 0) is 79.7 Å². The molecule has 0 aromatic heterocycles. The number of benzene rings is 2. The molecule has 7 rings (SSSR count). The molecule has 27 heteroatoms. The van der Waals surface area contributed by atoms with Crippen LogP contribution in [0.5, 0.6) is 11.5 Å². The molecule has 2 aromatic rings. The number of amides is 6. The van der Waals surface area contributed by atoms with Crippen LogP contribution in [0, 0.1) is 5.92 Å². The first-order chi connectivity index (χ1) is 41.8. The average molecular weight is 1290 g/mol. The average Bonchev–Trinajstić information content (AvgIpc) is 1.81. The van der Waals surface area contributed by atoms with Gasteiger partial charge in [0.2, 0.25) is 17.7 Å². The van der Waals surface area contributed by atoms with Crippen molar-refractivity contribution in [1.82, 2.24) is 20.7 Å². The van der Waals surface area contributed by atoms with Gasteiger partial charge in [-0.15, -0.1) is 5.06 Å². The quantitative estimate of drug-likeness (QED) is 0.0245. The maximum absolute atomic E-state index is 14.4. The maximum atomic E-state index is 14.4. The third-order valence-corrected chi connectivity index (χ3v) is 19.5. The summed E-state index contributed by atoms with van der Waals surface area (Å²) in [6.07, 6.45) is 2.94. The van der Waals surface area contributed by atoms with E-state index in [0.717, 1.165) is 40.8 Å². The Labute approximate surface area is 525 Å². The second kappa shape index (κ2) is 31.0. The molecule has 6 amide bonds. The minimum absolute atomic E-state index is 0.0245. The molecule has 4 aliphatic heterocycles. The molecule has 0 radical (unpaired) electrons. The number of hydroxylamine groups is 2. The summed E-state index contributed by atoms with van der Waals surface area (Å²) >= 11 is 6.85. The van der Waals surface area contributed by atoms with E-state index in [1.807, 2.05) is 45.0 Å². The highest BCUT2D eigenvalue weighted by Crippen LogP contribution is 2.49. The van der Waals surface area contributed by atoms with Crippen LogP contribution >= 0.6 is 33.2 Å². The van der Waals surface area contributed by atoms with E-state index in [2.05, 4.69) is 15.8 Å². The number of aryl methyl sites for hydroxylation is 1. The summed E-state index contributed by atoms with van der Waals surface area (Å²) in [5.41, 5.74) is 4.33. The Morgan fingerprint density at radius 3 is 2.42 bits per heavy atom. The molecule has 88 heavy (non-hydrogen) atoms. The fourth-order valence-corrected chi connectivity index (χ4v) is 13.5. The predicted molar refractivity (Wildman–Crippen MR) is 327 cm³/mol. The van der Waals surface area contributed by atoms with Crippen molar-refractivity contribution in [2.75, 3.05) is 72.0 Å². The van der Waals surface area contributed by atoms with E-state index in [-0.39, 0.29) is 88.2 Å². The zero-order valence-corrected chi connectivity index (χ0v) is 53.9. The number of hydrazone groups is 1. The van der Waals surface area contributed by atoms with Crippen molar-refractivity contribution in [3.05, 3.63) is 75.8 Å². The highest BCUT2D eigenvalue weighted by atomic mass is 35.5. The number of carbonyl (C=O) groups excluding carboxylic acids is 8. The number of ether oxygens (including phenoxy) is 8. The van der Waals surface area contributed by atoms with E-state index in [0.29, 0.717) is 47.5 Å². The van der Waals surface area contributed by atoms with Crippen molar-refractivity contribution in [3.8, 4) is 11.5 Å². The molecule has 3 N–H and O–H groups in total. The SMILES string of the molecule is COc1cc2cc(c1Cl)N(C)C(=O)C[C@H](OC(=O)[C@H](C)N(C)C(=O)CCSSC(C)(C)CC(=O)N/N=C1\CCCc3cc(OCCOCCOCCC(=O)ON4C(=O)CCC4=O)ccc31)C1(C)O[C@H]1[C@H](C)[C@@H]1C[C@@](O)(NC(=O)O1)[C@H](OC)/C=C/C=C(\C)C2. The molecular formula is C61H81ClN6O18S2. The van der Waals surface area contributed by atoms with E-state index in [1.54, 1.807) is 45.2 Å². The van der Waals surface area contributed by atoms with Crippen LogP contribution in [0.3, 0.4) is 0 Å². The number of likely N-dealkylation sites (N-methyl/N-ethyl adjacent to an activating group) is 1. The number of rotatable bonds is 24. The Balaban J connectivity index is 0.876. The van der Waals surface area contributed by atoms with Crippen molar-refractivity contribution in [2.45, 2.75) is 159 Å². The first-order valence-electron chi connectivity index (χ1n) is 29.2. The fourth-order valence-electron chi connectivity index (χ4n) is 10.7. The lowest BCUT2D eigenvalue weighted by atomic mass is 9.83. The number of esters is 1. The van der Waals surface area contributed by atoms with E-state index in [1.165, 1.54) is 59.6 Å². The summed E-state index contributed by atoms with van der Waals surface area (Å²) in [7, 11) is 8.83. The van der Waals surface area contributed by atoms with Crippen LogP contribution in [0.15, 0.2) is 59.2 Å². The van der Waals surface area contributed by atoms with Crippen molar-refractivity contribution < 1.29 is 86.2 Å². The standard InChI is InChI=1S/C61H81ClN6O18S2/c1-36-13-11-16-47(79-10)61(77)34-46(83-58(76)63-61)37(2)56-60(6,85-56)48(33-53(73)67(8)44-30-39(29-36)31-45(78-9)55(44)62)84-57(75)38(3)66(7)50(70)22-28-87-88-59(4,5)35-49(69)65-64-43-15-12-14-40-32-41(17-18-42(40)43)82-27-26-81-25-24-80-23-21-54(74)86-68-51(71)19-20-52(68)72/h11,13,16-18,30-32,37-38,46-48,56,77H,12,14-15,19-29,33-35H2,1-10H3,(H,63,76)(H,65,69)/b16-11+,36-13+,64-43+/t37-,38+,46+,47-,48+,56+,60?,61+/m1/s1. The van der Waals surface area contributed by atoms with Gasteiger partial charge in [-0.25, -0.2) is 19.8 Å². The third-order valence-electron chi connectivity index (χ3n) is 15.9. The van der Waals surface area contributed by atoms with E-state index < -0.39 is 88.2 Å². The number of methoxy groups -OCH3 is 2. The van der Waals surface area contributed by atoms with Crippen LogP contribution in [0.4, 0.5) is 10.5 Å². The lowest BCUT2D eigenvalue weighted by Gasteiger charge is -2.42. The lowest BCUT2D eigenvalue weighted by molar-refractivity contribution is -0.198. The molecule has 0 spiro atoms. The summed E-state index contributed by atoms with van der Waals surface area (Å²) in [6.45, 7) is 11.9. The van der Waals surface area contributed by atoms with E-state index in [9.17, 15) is 43.5 Å². The van der Waals surface area contributed by atoms with Crippen LogP contribution in [0.25, 0.3) is 0 Å². The van der Waals surface area contributed by atoms with Gasteiger partial charge in [0.25, 0.3) is 11.8 Å². The number of imide groups is 1. The Bertz CT molecular complexity index is 3000. The summed E-state index contributed by atoms with van der Waals surface area (Å²) in [4.78, 5) is 111. The number of alkyl carbamates (subject to hydrolysis) is 1. The fraction of sp³-hybridized carbons (Fsp3) is 0.590. The largest absolute Gasteiger partial charge is 0.495 e. The number of halogens is 1. The highest BCUT2D eigenvalue weighted by molar-refractivity contribution is 8.77. The molecule has 4 bridgehead atoms. The Morgan fingerprint density at radius 2 is 1.70 bits per heavy atom. The van der Waals surface area contributed by atoms with E-state index >= 15 is 0 Å². The molecule has 24 nitrogen and oxygen atoms in total. The maximum Gasteiger partial charge on any atom is 0.409 e. The first kappa shape index (κ1) is 69.2. The van der Waals surface area contributed by atoms with Gasteiger partial charge in [-0.2, -0.15) is 5.10 Å². The topological polar surface area (TPSA) is 289 Å². The van der Waals surface area contributed by atoms with Crippen molar-refractivity contribution >= 4 is 92.2 Å². The van der Waals surface area contributed by atoms with Gasteiger partial charge in [0, 0.05) is 75.3 Å². The molecule has 4 heterocycles. The zero-order chi connectivity index (χ0) is 64.1. The minimum atomic E-state index is -1.88. The molecular weight excluding hydrogens is 1200 g/mol. The number of nitrogens with zero attached hydrogens (tertiary/aromatic N) is 4. The Morgan fingerprint density at radius 1 is 0.989 bits per heavy atom. The molecule has 2 aromatic carbocycles. The number of allylic oxidation sites excluding steroid dienone is 3. The molecule has 3 fully saturated rings. The molecule has 482 valence electrons. The lowest BCUT2D eigenvalue weighted by Crippen LogP contribution is -2.63. The van der Waals surface area contributed by atoms with Crippen molar-refractivity contribution in [1.29, 1.82) is 0 Å². The number of hydrogen-bond donors (Lipinski definition) is 3. The smallest absolute Gasteiger partial charge is 0.409 e. The number of epoxide rings is 1. The van der Waals surface area contributed by atoms with Gasteiger partial charge < -0.3 is 57.6 Å². The molecule has 0 saturated carbocycles. The first-order valence-corrected chi connectivity index (χ1v) is 31.9. The number of fused-ring (bicyclic) bond motifs is 6. The van der Waals surface area contributed by atoms with Gasteiger partial charge in [-0.05, 0) is 102 Å². The number of carbonyl (C=O) groups is 8. The van der Waals surface area contributed by atoms with Gasteiger partial charge >= 0.3 is 18.0 Å². The number of hydrogen-bond acceptors (Lipinski definition) is 21. The van der Waals surface area contributed by atoms with Crippen LogP contribution in [-0.4, -0.2) is 182 Å². The Hall–Kier alpha value is -6.26. The van der Waals surface area contributed by atoms with Crippen LogP contribution in [0.1, 0.15) is 116 Å². The van der Waals surface area contributed by atoms with Gasteiger partial charge in [0.05, 0.1) is 63.9 Å². The summed E-state index contributed by atoms with van der Waals surface area (Å²) < 4.78 is 45.9. The molecule has 8 atom stereocenters. The van der Waals surface area contributed by atoms with Gasteiger partial charge in [-0.1, -0.05) is 63.9 Å². The van der Waals surface area contributed by atoms with Gasteiger partial charge in [-0.3, -0.25) is 29.3 Å². The zero-order valence-electron chi connectivity index (χ0n) is 51.5. The Kier molecular flexibility index (Phi) is 24.4.